The molecule has 2 fully saturated rings. The minimum absolute atomic E-state index is 0.117. The van der Waals surface area contributed by atoms with E-state index in [1.807, 2.05) is 17.8 Å². The molecule has 0 bridgehead atoms. The number of piperidine rings is 2. The molecule has 1 aromatic heterocycles. The summed E-state index contributed by atoms with van der Waals surface area (Å²) in [5, 5.41) is 13.1. The van der Waals surface area contributed by atoms with Gasteiger partial charge in [-0.25, -0.2) is 4.98 Å². The molecule has 0 spiro atoms. The first-order valence-electron chi connectivity index (χ1n) is 7.27. The number of carboxylic acids is 1. The molecule has 2 aliphatic heterocycles. The van der Waals surface area contributed by atoms with Crippen molar-refractivity contribution in [2.24, 2.45) is 12.5 Å². The molecule has 6 heteroatoms. The lowest BCUT2D eigenvalue weighted by atomic mass is 9.70. The molecule has 0 saturated carbocycles. The number of hydrogen-bond donors (Lipinski definition) is 2. The van der Waals surface area contributed by atoms with Crippen LogP contribution in [-0.2, 0) is 18.4 Å². The van der Waals surface area contributed by atoms with Gasteiger partial charge < -0.3 is 15.0 Å². The lowest BCUT2D eigenvalue weighted by Crippen LogP contribution is -2.62. The summed E-state index contributed by atoms with van der Waals surface area (Å²) in [5.41, 5.74) is -0.623. The second-order valence-electron chi connectivity index (χ2n) is 6.03. The van der Waals surface area contributed by atoms with Gasteiger partial charge in [-0.05, 0) is 25.8 Å². The number of fused-ring (bicyclic) bond motifs is 1. The van der Waals surface area contributed by atoms with Crippen molar-refractivity contribution in [1.29, 1.82) is 0 Å². The number of aromatic nitrogens is 2. The molecule has 3 rings (SSSR count). The Labute approximate surface area is 118 Å². The Morgan fingerprint density at radius 3 is 3.20 bits per heavy atom. The third kappa shape index (κ3) is 2.23. The third-order valence-corrected chi connectivity index (χ3v) is 4.81. The molecule has 2 atom stereocenters. The Morgan fingerprint density at radius 1 is 1.65 bits per heavy atom. The van der Waals surface area contributed by atoms with Gasteiger partial charge in [0.2, 0.25) is 0 Å². The smallest absolute Gasteiger partial charge is 0.312 e. The van der Waals surface area contributed by atoms with Gasteiger partial charge in [-0.15, -0.1) is 0 Å². The quantitative estimate of drug-likeness (QED) is 0.840. The van der Waals surface area contributed by atoms with E-state index in [1.165, 1.54) is 0 Å². The van der Waals surface area contributed by atoms with Crippen LogP contribution in [-0.4, -0.2) is 51.2 Å². The number of carboxylic acid groups (broad SMARTS) is 1. The van der Waals surface area contributed by atoms with E-state index < -0.39 is 11.4 Å². The lowest BCUT2D eigenvalue weighted by Gasteiger charge is -2.48. The van der Waals surface area contributed by atoms with Crippen LogP contribution < -0.4 is 5.32 Å². The predicted octanol–water partition coefficient (Wildman–Crippen LogP) is 0.449. The largest absolute Gasteiger partial charge is 0.481 e. The van der Waals surface area contributed by atoms with Gasteiger partial charge in [0.05, 0.1) is 12.0 Å². The molecule has 110 valence electrons. The van der Waals surface area contributed by atoms with Crippen molar-refractivity contribution >= 4 is 5.97 Å². The number of likely N-dealkylation sites (tertiary alicyclic amines) is 1. The first-order valence-corrected chi connectivity index (χ1v) is 7.27. The van der Waals surface area contributed by atoms with E-state index in [0.717, 1.165) is 44.7 Å². The summed E-state index contributed by atoms with van der Waals surface area (Å²) in [5.74, 6) is 0.340. The van der Waals surface area contributed by atoms with E-state index in [1.54, 1.807) is 6.20 Å². The maximum absolute atomic E-state index is 11.8. The summed E-state index contributed by atoms with van der Waals surface area (Å²) >= 11 is 0. The molecule has 0 aliphatic carbocycles. The molecule has 1 aromatic rings. The standard InChI is InChI=1S/C14H22N4O2/c1-17-8-6-16-12(17)9-18-7-3-11-14(10-18,13(19)20)4-2-5-15-11/h6,8,11,15H,2-5,7,9-10H2,1H3,(H,19,20)/t11-,14+/m0/s1. The number of nitrogens with zero attached hydrogens (tertiary/aromatic N) is 3. The minimum atomic E-state index is -0.653. The monoisotopic (exact) mass is 278 g/mol. The van der Waals surface area contributed by atoms with Crippen LogP contribution in [0, 0.1) is 5.41 Å². The van der Waals surface area contributed by atoms with Crippen LogP contribution in [0.3, 0.4) is 0 Å². The van der Waals surface area contributed by atoms with Gasteiger partial charge in [-0.1, -0.05) is 0 Å². The van der Waals surface area contributed by atoms with Crippen molar-refractivity contribution in [3.63, 3.8) is 0 Å². The number of hydrogen-bond acceptors (Lipinski definition) is 4. The van der Waals surface area contributed by atoms with Crippen LogP contribution in [0.25, 0.3) is 0 Å². The molecule has 0 radical (unpaired) electrons. The highest BCUT2D eigenvalue weighted by molar-refractivity contribution is 5.76. The maximum atomic E-state index is 11.8. The van der Waals surface area contributed by atoms with Gasteiger partial charge in [-0.3, -0.25) is 9.69 Å². The van der Waals surface area contributed by atoms with Crippen LogP contribution in [0.5, 0.6) is 0 Å². The summed E-state index contributed by atoms with van der Waals surface area (Å²) in [4.78, 5) is 18.4. The number of imidazole rings is 1. The normalized spacial score (nSPS) is 30.9. The molecular formula is C14H22N4O2. The molecule has 6 nitrogen and oxygen atoms in total. The molecule has 0 unspecified atom stereocenters. The van der Waals surface area contributed by atoms with E-state index in [9.17, 15) is 9.90 Å². The third-order valence-electron chi connectivity index (χ3n) is 4.81. The zero-order chi connectivity index (χ0) is 14.2. The number of nitrogens with one attached hydrogen (secondary N) is 1. The van der Waals surface area contributed by atoms with Crippen molar-refractivity contribution in [3.05, 3.63) is 18.2 Å². The van der Waals surface area contributed by atoms with Crippen LogP contribution in [0.15, 0.2) is 12.4 Å². The highest BCUT2D eigenvalue weighted by Crippen LogP contribution is 2.38. The lowest BCUT2D eigenvalue weighted by molar-refractivity contribution is -0.157. The zero-order valence-corrected chi connectivity index (χ0v) is 11.9. The summed E-state index contributed by atoms with van der Waals surface area (Å²) in [6.45, 7) is 3.22. The van der Waals surface area contributed by atoms with Gasteiger partial charge >= 0.3 is 5.97 Å². The Hall–Kier alpha value is -1.40. The van der Waals surface area contributed by atoms with Crippen LogP contribution >= 0.6 is 0 Å². The van der Waals surface area contributed by atoms with Crippen molar-refractivity contribution in [2.75, 3.05) is 19.6 Å². The zero-order valence-electron chi connectivity index (χ0n) is 11.9. The van der Waals surface area contributed by atoms with E-state index in [-0.39, 0.29) is 6.04 Å². The number of rotatable bonds is 3. The Balaban J connectivity index is 1.76. The molecule has 2 aliphatic rings. The van der Waals surface area contributed by atoms with Crippen molar-refractivity contribution < 1.29 is 9.90 Å². The predicted molar refractivity (Wildman–Crippen MR) is 74.2 cm³/mol. The highest BCUT2D eigenvalue weighted by atomic mass is 16.4. The summed E-state index contributed by atoms with van der Waals surface area (Å²) in [6.07, 6.45) is 6.33. The molecule has 0 amide bonds. The van der Waals surface area contributed by atoms with E-state index >= 15 is 0 Å². The number of aryl methyl sites for hydroxylation is 1. The van der Waals surface area contributed by atoms with Crippen molar-refractivity contribution in [2.45, 2.75) is 31.8 Å². The van der Waals surface area contributed by atoms with Crippen molar-refractivity contribution in [3.8, 4) is 0 Å². The fourth-order valence-electron chi connectivity index (χ4n) is 3.61. The van der Waals surface area contributed by atoms with Gasteiger partial charge in [0.15, 0.2) is 0 Å². The molecule has 0 aromatic carbocycles. The first kappa shape index (κ1) is 13.6. The van der Waals surface area contributed by atoms with E-state index in [2.05, 4.69) is 15.2 Å². The summed E-state index contributed by atoms with van der Waals surface area (Å²) in [6, 6.07) is 0.117. The van der Waals surface area contributed by atoms with E-state index in [4.69, 9.17) is 0 Å². The topological polar surface area (TPSA) is 70.4 Å². The number of carbonyl (C=O) groups is 1. The van der Waals surface area contributed by atoms with E-state index in [0.29, 0.717) is 6.54 Å². The SMILES string of the molecule is Cn1ccnc1CN1CC[C@@H]2NCCC[C@@]2(C(=O)O)C1. The first-order chi connectivity index (χ1) is 9.62. The molecule has 2 N–H and O–H groups in total. The molecular weight excluding hydrogens is 256 g/mol. The Morgan fingerprint density at radius 2 is 2.50 bits per heavy atom. The molecule has 2 saturated heterocycles. The van der Waals surface area contributed by atoms with Crippen molar-refractivity contribution in [1.82, 2.24) is 19.8 Å². The molecule has 3 heterocycles. The molecule has 20 heavy (non-hydrogen) atoms. The van der Waals surface area contributed by atoms with Gasteiger partial charge in [-0.2, -0.15) is 0 Å². The second-order valence-corrected chi connectivity index (χ2v) is 6.03. The van der Waals surface area contributed by atoms with Crippen LogP contribution in [0.2, 0.25) is 0 Å². The fraction of sp³-hybridized carbons (Fsp3) is 0.714. The highest BCUT2D eigenvalue weighted by Gasteiger charge is 2.50. The van der Waals surface area contributed by atoms with Gasteiger partial charge in [0.25, 0.3) is 0 Å². The average Bonchev–Trinajstić information content (AvgIpc) is 2.84. The Bertz CT molecular complexity index is 501. The number of aliphatic carboxylic acids is 1. The van der Waals surface area contributed by atoms with Crippen LogP contribution in [0.1, 0.15) is 25.1 Å². The minimum Gasteiger partial charge on any atom is -0.481 e. The average molecular weight is 278 g/mol. The van der Waals surface area contributed by atoms with Gasteiger partial charge in [0.1, 0.15) is 5.82 Å². The summed E-state index contributed by atoms with van der Waals surface area (Å²) in [7, 11) is 1.98. The maximum Gasteiger partial charge on any atom is 0.312 e. The fourth-order valence-corrected chi connectivity index (χ4v) is 3.61. The van der Waals surface area contributed by atoms with Gasteiger partial charge in [0, 0.05) is 38.6 Å². The summed E-state index contributed by atoms with van der Waals surface area (Å²) < 4.78 is 2.00. The second kappa shape index (κ2) is 5.18. The Kier molecular flexibility index (Phi) is 3.52. The van der Waals surface area contributed by atoms with Crippen LogP contribution in [0.4, 0.5) is 0 Å².